The molecule has 1 heterocycles. The minimum Gasteiger partial charge on any atom is -0.378 e. The Kier molecular flexibility index (Phi) is 4.47. The molecule has 0 amide bonds. The summed E-state index contributed by atoms with van der Waals surface area (Å²) in [5, 5.41) is 1.10. The Hall–Kier alpha value is -0.490. The lowest BCUT2D eigenvalue weighted by molar-refractivity contribution is 0.181. The van der Waals surface area contributed by atoms with Gasteiger partial charge in [-0.1, -0.05) is 0 Å². The van der Waals surface area contributed by atoms with Gasteiger partial charge in [-0.2, -0.15) is 0 Å². The van der Waals surface area contributed by atoms with Gasteiger partial charge in [0.2, 0.25) is 0 Å². The van der Waals surface area contributed by atoms with Gasteiger partial charge in [0.15, 0.2) is 0 Å². The van der Waals surface area contributed by atoms with E-state index in [4.69, 9.17) is 10.5 Å². The number of rotatable bonds is 5. The summed E-state index contributed by atoms with van der Waals surface area (Å²) in [7, 11) is 5.73. The van der Waals surface area contributed by atoms with Crippen LogP contribution in [0.5, 0.6) is 0 Å². The maximum atomic E-state index is 5.63. The van der Waals surface area contributed by atoms with Crippen molar-refractivity contribution < 1.29 is 4.74 Å². The number of ether oxygens (including phenoxy) is 1. The predicted octanol–water partition coefficient (Wildman–Crippen LogP) is 0.810. The van der Waals surface area contributed by atoms with Crippen molar-refractivity contribution in [3.05, 3.63) is 15.6 Å². The zero-order valence-corrected chi connectivity index (χ0v) is 9.73. The quantitative estimate of drug-likeness (QED) is 0.789. The van der Waals surface area contributed by atoms with Crippen molar-refractivity contribution in [3.8, 4) is 0 Å². The molecule has 0 aliphatic heterocycles. The summed E-state index contributed by atoms with van der Waals surface area (Å²) in [5.41, 5.74) is 6.61. The summed E-state index contributed by atoms with van der Waals surface area (Å²) in [5.74, 6) is 0. The Morgan fingerprint density at radius 3 is 2.71 bits per heavy atom. The van der Waals surface area contributed by atoms with Crippen LogP contribution in [-0.4, -0.2) is 31.1 Å². The van der Waals surface area contributed by atoms with E-state index < -0.39 is 0 Å². The fourth-order valence-electron chi connectivity index (χ4n) is 1.18. The topological polar surface area (TPSA) is 51.4 Å². The third kappa shape index (κ3) is 3.02. The molecule has 0 saturated heterocycles. The van der Waals surface area contributed by atoms with E-state index in [-0.39, 0.29) is 0 Å². The van der Waals surface area contributed by atoms with Gasteiger partial charge in [0.25, 0.3) is 0 Å². The summed E-state index contributed by atoms with van der Waals surface area (Å²) in [6, 6.07) is 0. The second kappa shape index (κ2) is 5.41. The Morgan fingerprint density at radius 2 is 2.21 bits per heavy atom. The van der Waals surface area contributed by atoms with Gasteiger partial charge in [0.05, 0.1) is 12.3 Å². The molecule has 80 valence electrons. The molecule has 0 radical (unpaired) electrons. The lowest BCUT2D eigenvalue weighted by atomic mass is 10.4. The fourth-order valence-corrected chi connectivity index (χ4v) is 2.25. The molecule has 0 aromatic carbocycles. The van der Waals surface area contributed by atoms with Crippen LogP contribution in [0.4, 0.5) is 0 Å². The van der Waals surface area contributed by atoms with Gasteiger partial charge in [0, 0.05) is 25.1 Å². The van der Waals surface area contributed by atoms with Gasteiger partial charge < -0.3 is 15.4 Å². The first-order valence-electron chi connectivity index (χ1n) is 4.48. The molecular weight excluding hydrogens is 198 g/mol. The maximum absolute atomic E-state index is 5.63. The van der Waals surface area contributed by atoms with Gasteiger partial charge in [-0.15, -0.1) is 11.3 Å². The minimum absolute atomic E-state index is 0.545. The lowest BCUT2D eigenvalue weighted by Crippen LogP contribution is -2.10. The van der Waals surface area contributed by atoms with Crippen molar-refractivity contribution in [2.45, 2.75) is 19.7 Å². The van der Waals surface area contributed by atoms with E-state index >= 15 is 0 Å². The molecule has 0 saturated carbocycles. The van der Waals surface area contributed by atoms with Crippen molar-refractivity contribution in [1.29, 1.82) is 0 Å². The van der Waals surface area contributed by atoms with Gasteiger partial charge in [-0.3, -0.25) is 0 Å². The Morgan fingerprint density at radius 1 is 1.50 bits per heavy atom. The van der Waals surface area contributed by atoms with Crippen LogP contribution >= 0.6 is 11.3 Å². The monoisotopic (exact) mass is 215 g/mol. The van der Waals surface area contributed by atoms with Crippen LogP contribution in [0, 0.1) is 0 Å². The smallest absolute Gasteiger partial charge is 0.107 e. The largest absolute Gasteiger partial charge is 0.378 e. The summed E-state index contributed by atoms with van der Waals surface area (Å²) in [6.45, 7) is 1.96. The number of aromatic nitrogens is 1. The first-order valence-corrected chi connectivity index (χ1v) is 5.30. The summed E-state index contributed by atoms with van der Waals surface area (Å²) in [4.78, 5) is 7.70. The average molecular weight is 215 g/mol. The highest BCUT2D eigenvalue weighted by Crippen LogP contribution is 2.19. The number of hydrogen-bond acceptors (Lipinski definition) is 5. The fraction of sp³-hybridized carbons (Fsp3) is 0.667. The Balaban J connectivity index is 2.77. The molecule has 2 N–H and O–H groups in total. The Bertz CT molecular complexity index is 286. The van der Waals surface area contributed by atoms with Crippen LogP contribution in [0.3, 0.4) is 0 Å². The van der Waals surface area contributed by atoms with E-state index in [1.807, 2.05) is 14.1 Å². The highest BCUT2D eigenvalue weighted by atomic mass is 32.1. The molecule has 0 aliphatic rings. The van der Waals surface area contributed by atoms with Crippen LogP contribution in [0.1, 0.15) is 15.6 Å². The molecule has 0 fully saturated rings. The zero-order valence-electron chi connectivity index (χ0n) is 8.91. The third-order valence-corrected chi connectivity index (χ3v) is 2.85. The van der Waals surface area contributed by atoms with Crippen molar-refractivity contribution in [3.63, 3.8) is 0 Å². The van der Waals surface area contributed by atoms with Crippen molar-refractivity contribution >= 4 is 11.3 Å². The lowest BCUT2D eigenvalue weighted by Gasteiger charge is -2.04. The molecule has 14 heavy (non-hydrogen) atoms. The van der Waals surface area contributed by atoms with E-state index in [0.29, 0.717) is 13.2 Å². The first-order chi connectivity index (χ1) is 6.67. The number of thiazole rings is 1. The van der Waals surface area contributed by atoms with E-state index in [2.05, 4.69) is 9.88 Å². The normalized spacial score (nSPS) is 11.2. The van der Waals surface area contributed by atoms with E-state index in [1.54, 1.807) is 18.4 Å². The molecule has 1 rings (SSSR count). The number of nitrogens with two attached hydrogens (primary N) is 1. The van der Waals surface area contributed by atoms with Crippen molar-refractivity contribution in [1.82, 2.24) is 9.88 Å². The molecule has 1 aromatic heterocycles. The highest BCUT2D eigenvalue weighted by molar-refractivity contribution is 7.11. The predicted molar refractivity (Wildman–Crippen MR) is 58.1 cm³/mol. The first kappa shape index (κ1) is 11.6. The standard InChI is InChI=1S/C9H17N3OS/c1-12(2)5-9-11-7(6-13-3)8(4-10)14-9/h4-6,10H2,1-3H3. The molecule has 0 atom stereocenters. The van der Waals surface area contributed by atoms with Crippen molar-refractivity contribution in [2.75, 3.05) is 21.2 Å². The SMILES string of the molecule is COCc1nc(CN(C)C)sc1CN. The van der Waals surface area contributed by atoms with Crippen LogP contribution in [0.15, 0.2) is 0 Å². The summed E-state index contributed by atoms with van der Waals surface area (Å²) >= 11 is 1.67. The molecule has 5 heteroatoms. The molecule has 4 nitrogen and oxygen atoms in total. The number of nitrogens with zero attached hydrogens (tertiary/aromatic N) is 2. The van der Waals surface area contributed by atoms with E-state index in [0.717, 1.165) is 22.1 Å². The van der Waals surface area contributed by atoms with Crippen LogP contribution in [0.25, 0.3) is 0 Å². The summed E-state index contributed by atoms with van der Waals surface area (Å²) in [6.07, 6.45) is 0. The molecule has 0 unspecified atom stereocenters. The molecule has 0 spiro atoms. The zero-order chi connectivity index (χ0) is 10.6. The van der Waals surface area contributed by atoms with E-state index in [9.17, 15) is 0 Å². The number of hydrogen-bond donors (Lipinski definition) is 1. The van der Waals surface area contributed by atoms with Gasteiger partial charge in [0.1, 0.15) is 5.01 Å². The second-order valence-electron chi connectivity index (χ2n) is 3.35. The second-order valence-corrected chi connectivity index (χ2v) is 4.52. The summed E-state index contributed by atoms with van der Waals surface area (Å²) < 4.78 is 5.06. The van der Waals surface area contributed by atoms with Gasteiger partial charge in [-0.25, -0.2) is 4.98 Å². The highest BCUT2D eigenvalue weighted by Gasteiger charge is 2.09. The molecular formula is C9H17N3OS. The van der Waals surface area contributed by atoms with Gasteiger partial charge in [-0.05, 0) is 14.1 Å². The van der Waals surface area contributed by atoms with Crippen molar-refractivity contribution in [2.24, 2.45) is 5.73 Å². The molecule has 0 aliphatic carbocycles. The average Bonchev–Trinajstić information content (AvgIpc) is 2.47. The van der Waals surface area contributed by atoms with Crippen LogP contribution in [0.2, 0.25) is 0 Å². The molecule has 0 bridgehead atoms. The minimum atomic E-state index is 0.545. The van der Waals surface area contributed by atoms with Gasteiger partial charge >= 0.3 is 0 Å². The third-order valence-electron chi connectivity index (χ3n) is 1.74. The van der Waals surface area contributed by atoms with E-state index in [1.165, 1.54) is 0 Å². The van der Waals surface area contributed by atoms with Crippen LogP contribution < -0.4 is 5.73 Å². The van der Waals surface area contributed by atoms with Crippen LogP contribution in [-0.2, 0) is 24.4 Å². The number of methoxy groups -OCH3 is 1. The maximum Gasteiger partial charge on any atom is 0.107 e. The molecule has 1 aromatic rings. The Labute approximate surface area is 88.7 Å².